The minimum atomic E-state index is -0.250. The van der Waals surface area contributed by atoms with Crippen LogP contribution in [0, 0.1) is 11.7 Å². The van der Waals surface area contributed by atoms with Gasteiger partial charge in [0, 0.05) is 41.8 Å². The number of aromatic nitrogens is 1. The molecule has 2 unspecified atom stereocenters. The number of fused-ring (bicyclic) bond motifs is 1. The molecule has 1 aliphatic rings. The minimum Gasteiger partial charge on any atom is -0.342 e. The van der Waals surface area contributed by atoms with Gasteiger partial charge in [-0.3, -0.25) is 9.59 Å². The second kappa shape index (κ2) is 8.30. The summed E-state index contributed by atoms with van der Waals surface area (Å²) in [5.74, 6) is -0.502. The highest BCUT2D eigenvalue weighted by molar-refractivity contribution is 5.97. The molecule has 1 saturated carbocycles. The summed E-state index contributed by atoms with van der Waals surface area (Å²) in [7, 11) is 0. The van der Waals surface area contributed by atoms with E-state index < -0.39 is 0 Å². The van der Waals surface area contributed by atoms with Crippen LogP contribution >= 0.6 is 0 Å². The first-order valence-electron chi connectivity index (χ1n) is 10.4. The predicted octanol–water partition coefficient (Wildman–Crippen LogP) is 4.39. The molecule has 2 amide bonds. The average Bonchev–Trinajstić information content (AvgIpc) is 3.44. The van der Waals surface area contributed by atoms with E-state index in [-0.39, 0.29) is 29.5 Å². The van der Waals surface area contributed by atoms with Gasteiger partial charge >= 0.3 is 0 Å². The van der Waals surface area contributed by atoms with Gasteiger partial charge in [0.25, 0.3) is 0 Å². The molecular formula is C24H26FN3O2. The van der Waals surface area contributed by atoms with E-state index in [9.17, 15) is 14.0 Å². The monoisotopic (exact) mass is 407 g/mol. The van der Waals surface area contributed by atoms with Crippen molar-refractivity contribution in [1.82, 2.24) is 9.47 Å². The Labute approximate surface area is 175 Å². The molecule has 2 atom stereocenters. The number of hydrogen-bond acceptors (Lipinski definition) is 2. The lowest BCUT2D eigenvalue weighted by Crippen LogP contribution is -2.33. The smallest absolute Gasteiger partial charge is 0.242 e. The fourth-order valence-electron chi connectivity index (χ4n) is 4.08. The lowest BCUT2D eigenvalue weighted by atomic mass is 10.1. The van der Waals surface area contributed by atoms with Crippen LogP contribution in [0.25, 0.3) is 10.9 Å². The number of nitrogens with one attached hydrogen (secondary N) is 1. The Morgan fingerprint density at radius 3 is 2.63 bits per heavy atom. The van der Waals surface area contributed by atoms with E-state index in [1.165, 1.54) is 6.07 Å². The zero-order valence-electron chi connectivity index (χ0n) is 17.3. The van der Waals surface area contributed by atoms with Crippen molar-refractivity contribution in [1.29, 1.82) is 0 Å². The summed E-state index contributed by atoms with van der Waals surface area (Å²) in [6.45, 7) is 5.63. The molecule has 3 aromatic rings. The third kappa shape index (κ3) is 3.95. The second-order valence-electron chi connectivity index (χ2n) is 7.74. The Bertz CT molecular complexity index is 1090. The number of nitrogens with zero attached hydrogens (tertiary/aromatic N) is 2. The molecule has 2 aromatic carbocycles. The summed E-state index contributed by atoms with van der Waals surface area (Å²) in [4.78, 5) is 26.8. The van der Waals surface area contributed by atoms with E-state index in [2.05, 4.69) is 5.32 Å². The molecule has 1 aromatic heterocycles. The van der Waals surface area contributed by atoms with Gasteiger partial charge in [-0.2, -0.15) is 0 Å². The topological polar surface area (TPSA) is 54.3 Å². The number of halogens is 1. The number of anilines is 1. The van der Waals surface area contributed by atoms with Crippen LogP contribution in [0.1, 0.15) is 31.7 Å². The Hall–Kier alpha value is -3.15. The summed E-state index contributed by atoms with van der Waals surface area (Å²) >= 11 is 0. The number of hydrogen-bond donors (Lipinski definition) is 1. The van der Waals surface area contributed by atoms with Gasteiger partial charge in [0.2, 0.25) is 11.8 Å². The lowest BCUT2D eigenvalue weighted by Gasteiger charge is -2.19. The van der Waals surface area contributed by atoms with E-state index in [1.54, 1.807) is 18.2 Å². The van der Waals surface area contributed by atoms with Gasteiger partial charge in [-0.1, -0.05) is 18.2 Å². The summed E-state index contributed by atoms with van der Waals surface area (Å²) in [5.41, 5.74) is 2.27. The van der Waals surface area contributed by atoms with Crippen LogP contribution in [0.15, 0.2) is 54.7 Å². The SMILES string of the molecule is CCN(CC)C(=O)Cn1ccc2cc(NC(=O)C3CC3c3ccccc3F)ccc21. The third-order valence-corrected chi connectivity index (χ3v) is 5.89. The molecule has 6 heteroatoms. The Morgan fingerprint density at radius 1 is 1.13 bits per heavy atom. The quantitative estimate of drug-likeness (QED) is 0.632. The predicted molar refractivity (Wildman–Crippen MR) is 116 cm³/mol. The first-order chi connectivity index (χ1) is 14.5. The van der Waals surface area contributed by atoms with Crippen molar-refractivity contribution in [2.45, 2.75) is 32.7 Å². The van der Waals surface area contributed by atoms with Crippen molar-refractivity contribution in [3.05, 3.63) is 66.1 Å². The van der Waals surface area contributed by atoms with Gasteiger partial charge in [0.15, 0.2) is 0 Å². The molecule has 0 aliphatic heterocycles. The highest BCUT2D eigenvalue weighted by Crippen LogP contribution is 2.48. The molecule has 1 heterocycles. The molecule has 0 spiro atoms. The molecule has 5 nitrogen and oxygen atoms in total. The van der Waals surface area contributed by atoms with Crippen molar-refractivity contribution in [3.63, 3.8) is 0 Å². The normalized spacial score (nSPS) is 17.7. The maximum Gasteiger partial charge on any atom is 0.242 e. The maximum absolute atomic E-state index is 13.9. The number of benzene rings is 2. The number of likely N-dealkylation sites (N-methyl/N-ethyl adjacent to an activating group) is 1. The van der Waals surface area contributed by atoms with Gasteiger partial charge in [0.05, 0.1) is 0 Å². The average molecular weight is 407 g/mol. The van der Waals surface area contributed by atoms with Crippen LogP contribution in [0.4, 0.5) is 10.1 Å². The second-order valence-corrected chi connectivity index (χ2v) is 7.74. The summed E-state index contributed by atoms with van der Waals surface area (Å²) in [6, 6.07) is 14.3. The summed E-state index contributed by atoms with van der Waals surface area (Å²) in [5, 5.41) is 3.92. The number of rotatable bonds is 7. The van der Waals surface area contributed by atoms with E-state index >= 15 is 0 Å². The number of carbonyl (C=O) groups is 2. The van der Waals surface area contributed by atoms with Crippen molar-refractivity contribution in [2.24, 2.45) is 5.92 Å². The molecule has 1 N–H and O–H groups in total. The van der Waals surface area contributed by atoms with E-state index in [0.29, 0.717) is 37.3 Å². The lowest BCUT2D eigenvalue weighted by molar-refractivity contribution is -0.131. The Balaban J connectivity index is 1.43. The fraction of sp³-hybridized carbons (Fsp3) is 0.333. The van der Waals surface area contributed by atoms with Gasteiger partial charge in [-0.15, -0.1) is 0 Å². The third-order valence-electron chi connectivity index (χ3n) is 5.89. The number of amides is 2. The Kier molecular flexibility index (Phi) is 5.57. The first kappa shape index (κ1) is 20.1. The zero-order valence-corrected chi connectivity index (χ0v) is 17.3. The van der Waals surface area contributed by atoms with Gasteiger partial charge < -0.3 is 14.8 Å². The van der Waals surface area contributed by atoms with Crippen LogP contribution in [-0.4, -0.2) is 34.4 Å². The molecule has 1 fully saturated rings. The van der Waals surface area contributed by atoms with E-state index in [0.717, 1.165) is 10.9 Å². The van der Waals surface area contributed by atoms with Crippen LogP contribution in [0.3, 0.4) is 0 Å². The van der Waals surface area contributed by atoms with Crippen molar-refractivity contribution < 1.29 is 14.0 Å². The maximum atomic E-state index is 13.9. The highest BCUT2D eigenvalue weighted by Gasteiger charge is 2.45. The molecule has 1 aliphatic carbocycles. The molecule has 0 bridgehead atoms. The molecule has 4 rings (SSSR count). The van der Waals surface area contributed by atoms with Crippen LogP contribution in [0.5, 0.6) is 0 Å². The Morgan fingerprint density at radius 2 is 1.90 bits per heavy atom. The highest BCUT2D eigenvalue weighted by atomic mass is 19.1. The standard InChI is InChI=1S/C24H26FN3O2/c1-3-27(4-2)23(29)15-28-12-11-16-13-17(9-10-22(16)28)26-24(30)20-14-19(20)18-7-5-6-8-21(18)25/h5-13,19-20H,3-4,14-15H2,1-2H3,(H,26,30). The van der Waals surface area contributed by atoms with E-state index in [4.69, 9.17) is 0 Å². The molecule has 0 saturated heterocycles. The van der Waals surface area contributed by atoms with Crippen molar-refractivity contribution in [2.75, 3.05) is 18.4 Å². The van der Waals surface area contributed by atoms with Crippen molar-refractivity contribution in [3.8, 4) is 0 Å². The fourth-order valence-corrected chi connectivity index (χ4v) is 4.08. The molecule has 156 valence electrons. The molecule has 30 heavy (non-hydrogen) atoms. The molecular weight excluding hydrogens is 381 g/mol. The van der Waals surface area contributed by atoms with Crippen LogP contribution < -0.4 is 5.32 Å². The van der Waals surface area contributed by atoms with Gasteiger partial charge in [-0.25, -0.2) is 4.39 Å². The largest absolute Gasteiger partial charge is 0.342 e. The van der Waals surface area contributed by atoms with Crippen LogP contribution in [0.2, 0.25) is 0 Å². The minimum absolute atomic E-state index is 0.0536. The number of carbonyl (C=O) groups excluding carboxylic acids is 2. The van der Waals surface area contributed by atoms with Crippen molar-refractivity contribution >= 4 is 28.4 Å². The zero-order chi connectivity index (χ0) is 21.3. The van der Waals surface area contributed by atoms with E-state index in [1.807, 2.05) is 53.8 Å². The molecule has 0 radical (unpaired) electrons. The summed E-state index contributed by atoms with van der Waals surface area (Å²) in [6.07, 6.45) is 2.56. The summed E-state index contributed by atoms with van der Waals surface area (Å²) < 4.78 is 15.9. The van der Waals surface area contributed by atoms with Gasteiger partial charge in [-0.05, 0) is 62.1 Å². The van der Waals surface area contributed by atoms with Gasteiger partial charge in [0.1, 0.15) is 12.4 Å². The first-order valence-corrected chi connectivity index (χ1v) is 10.4. The van der Waals surface area contributed by atoms with Crippen LogP contribution in [-0.2, 0) is 16.1 Å².